The van der Waals surface area contributed by atoms with Gasteiger partial charge in [0.25, 0.3) is 0 Å². The number of hydrogen-bond donors (Lipinski definition) is 1. The van der Waals surface area contributed by atoms with Crippen molar-refractivity contribution < 1.29 is 4.79 Å². The standard InChI is InChI=1S/C15H26N2O/c1-10-3-2-8-17(13(10)9-16)15(18)14(11-4-5-11)12-6-7-12/h10-14H,2-9,16H2,1H3. The summed E-state index contributed by atoms with van der Waals surface area (Å²) in [6, 6.07) is 0.297. The Morgan fingerprint density at radius 3 is 2.33 bits per heavy atom. The van der Waals surface area contributed by atoms with Gasteiger partial charge in [0.1, 0.15) is 0 Å². The summed E-state index contributed by atoms with van der Waals surface area (Å²) in [6.07, 6.45) is 7.51. The molecule has 0 aromatic carbocycles. The van der Waals surface area contributed by atoms with E-state index in [1.807, 2.05) is 0 Å². The third-order valence-electron chi connectivity index (χ3n) is 5.19. The first kappa shape index (κ1) is 12.5. The molecule has 0 aromatic heterocycles. The molecule has 2 N–H and O–H groups in total. The van der Waals surface area contributed by atoms with E-state index in [9.17, 15) is 4.79 Å². The Kier molecular flexibility index (Phi) is 3.35. The van der Waals surface area contributed by atoms with Gasteiger partial charge in [-0.1, -0.05) is 6.92 Å². The van der Waals surface area contributed by atoms with Crippen molar-refractivity contribution in [2.45, 2.75) is 51.5 Å². The van der Waals surface area contributed by atoms with Gasteiger partial charge in [-0.3, -0.25) is 4.79 Å². The smallest absolute Gasteiger partial charge is 0.226 e. The van der Waals surface area contributed by atoms with E-state index in [2.05, 4.69) is 11.8 Å². The summed E-state index contributed by atoms with van der Waals surface area (Å²) in [5.41, 5.74) is 5.91. The first-order valence-corrected chi connectivity index (χ1v) is 7.73. The van der Waals surface area contributed by atoms with Crippen molar-refractivity contribution in [2.24, 2.45) is 29.4 Å². The van der Waals surface area contributed by atoms with Crippen LogP contribution >= 0.6 is 0 Å². The molecule has 0 aromatic rings. The number of nitrogens with two attached hydrogens (primary N) is 1. The molecule has 2 atom stereocenters. The predicted molar refractivity (Wildman–Crippen MR) is 71.9 cm³/mol. The van der Waals surface area contributed by atoms with Crippen molar-refractivity contribution in [1.29, 1.82) is 0 Å². The monoisotopic (exact) mass is 250 g/mol. The van der Waals surface area contributed by atoms with Crippen LogP contribution in [-0.4, -0.2) is 29.9 Å². The summed E-state index contributed by atoms with van der Waals surface area (Å²) >= 11 is 0. The van der Waals surface area contributed by atoms with E-state index < -0.39 is 0 Å². The Labute approximate surface area is 110 Å². The quantitative estimate of drug-likeness (QED) is 0.829. The lowest BCUT2D eigenvalue weighted by atomic mass is 9.88. The number of hydrogen-bond acceptors (Lipinski definition) is 2. The lowest BCUT2D eigenvalue weighted by Crippen LogP contribution is -2.53. The highest BCUT2D eigenvalue weighted by Gasteiger charge is 2.48. The van der Waals surface area contributed by atoms with Crippen molar-refractivity contribution in [1.82, 2.24) is 4.90 Å². The van der Waals surface area contributed by atoms with Gasteiger partial charge in [0.05, 0.1) is 0 Å². The van der Waals surface area contributed by atoms with Crippen LogP contribution in [0, 0.1) is 23.7 Å². The summed E-state index contributed by atoms with van der Waals surface area (Å²) in [5, 5.41) is 0. The molecule has 3 aliphatic rings. The van der Waals surface area contributed by atoms with Gasteiger partial charge in [-0.2, -0.15) is 0 Å². The maximum absolute atomic E-state index is 12.8. The normalized spacial score (nSPS) is 32.9. The van der Waals surface area contributed by atoms with Crippen molar-refractivity contribution in [3.05, 3.63) is 0 Å². The highest BCUT2D eigenvalue weighted by atomic mass is 16.2. The number of piperidine rings is 1. The second-order valence-corrected chi connectivity index (χ2v) is 6.65. The summed E-state index contributed by atoms with van der Waals surface area (Å²) in [5.74, 6) is 2.79. The molecule has 1 aliphatic heterocycles. The number of nitrogens with zero attached hydrogens (tertiary/aromatic N) is 1. The number of likely N-dealkylation sites (tertiary alicyclic amines) is 1. The van der Waals surface area contributed by atoms with Gasteiger partial charge in [-0.25, -0.2) is 0 Å². The van der Waals surface area contributed by atoms with Gasteiger partial charge in [0, 0.05) is 25.0 Å². The Morgan fingerprint density at radius 1 is 1.22 bits per heavy atom. The summed E-state index contributed by atoms with van der Waals surface area (Å²) < 4.78 is 0. The molecule has 3 nitrogen and oxygen atoms in total. The molecule has 2 saturated carbocycles. The molecule has 2 aliphatic carbocycles. The molecule has 3 fully saturated rings. The van der Waals surface area contributed by atoms with Crippen molar-refractivity contribution >= 4 is 5.91 Å². The van der Waals surface area contributed by atoms with E-state index in [4.69, 9.17) is 5.73 Å². The van der Waals surface area contributed by atoms with Gasteiger partial charge in [0.15, 0.2) is 0 Å². The highest BCUT2D eigenvalue weighted by Crippen LogP contribution is 2.50. The van der Waals surface area contributed by atoms with Crippen LogP contribution in [0.3, 0.4) is 0 Å². The van der Waals surface area contributed by atoms with Gasteiger partial charge >= 0.3 is 0 Å². The maximum Gasteiger partial charge on any atom is 0.226 e. The zero-order valence-corrected chi connectivity index (χ0v) is 11.5. The fourth-order valence-corrected chi connectivity index (χ4v) is 3.77. The Morgan fingerprint density at radius 2 is 1.83 bits per heavy atom. The summed E-state index contributed by atoms with van der Waals surface area (Å²) in [7, 11) is 0. The molecule has 0 radical (unpaired) electrons. The minimum absolute atomic E-state index is 0.297. The van der Waals surface area contributed by atoms with Crippen LogP contribution in [0.4, 0.5) is 0 Å². The molecule has 1 heterocycles. The first-order chi connectivity index (χ1) is 8.72. The van der Waals surface area contributed by atoms with E-state index in [0.29, 0.717) is 42.2 Å². The van der Waals surface area contributed by atoms with Crippen LogP contribution < -0.4 is 5.73 Å². The average molecular weight is 250 g/mol. The molecule has 3 heteroatoms. The number of amides is 1. The second-order valence-electron chi connectivity index (χ2n) is 6.65. The molecule has 1 saturated heterocycles. The van der Waals surface area contributed by atoms with Gasteiger partial charge in [-0.05, 0) is 56.3 Å². The molecule has 0 spiro atoms. The molecule has 102 valence electrons. The van der Waals surface area contributed by atoms with Crippen LogP contribution in [-0.2, 0) is 4.79 Å². The van der Waals surface area contributed by atoms with Gasteiger partial charge in [0.2, 0.25) is 5.91 Å². The largest absolute Gasteiger partial charge is 0.338 e. The van der Waals surface area contributed by atoms with E-state index >= 15 is 0 Å². The fraction of sp³-hybridized carbons (Fsp3) is 0.933. The molecular weight excluding hydrogens is 224 g/mol. The molecule has 2 unspecified atom stereocenters. The van der Waals surface area contributed by atoms with Crippen molar-refractivity contribution in [3.8, 4) is 0 Å². The topological polar surface area (TPSA) is 46.3 Å². The van der Waals surface area contributed by atoms with Crippen LogP contribution in [0.1, 0.15) is 45.4 Å². The molecule has 18 heavy (non-hydrogen) atoms. The third kappa shape index (κ3) is 2.29. The lowest BCUT2D eigenvalue weighted by molar-refractivity contribution is -0.142. The zero-order chi connectivity index (χ0) is 12.7. The van der Waals surface area contributed by atoms with E-state index in [1.54, 1.807) is 0 Å². The Balaban J connectivity index is 1.72. The van der Waals surface area contributed by atoms with Crippen molar-refractivity contribution in [3.63, 3.8) is 0 Å². The molecule has 1 amide bonds. The van der Waals surface area contributed by atoms with E-state index in [0.717, 1.165) is 13.0 Å². The SMILES string of the molecule is CC1CCCN(C(=O)C(C2CC2)C2CC2)C1CN. The highest BCUT2D eigenvalue weighted by molar-refractivity contribution is 5.80. The summed E-state index contributed by atoms with van der Waals surface area (Å²) in [4.78, 5) is 15.0. The minimum Gasteiger partial charge on any atom is -0.338 e. The Bertz CT molecular complexity index is 310. The van der Waals surface area contributed by atoms with Crippen LogP contribution in [0.15, 0.2) is 0 Å². The second kappa shape index (κ2) is 4.84. The maximum atomic E-state index is 12.8. The fourth-order valence-electron chi connectivity index (χ4n) is 3.77. The summed E-state index contributed by atoms with van der Waals surface area (Å²) in [6.45, 7) is 3.83. The lowest BCUT2D eigenvalue weighted by Gasteiger charge is -2.41. The van der Waals surface area contributed by atoms with E-state index in [1.165, 1.54) is 32.1 Å². The molecular formula is C15H26N2O. The van der Waals surface area contributed by atoms with E-state index in [-0.39, 0.29) is 0 Å². The molecule has 3 rings (SSSR count). The van der Waals surface area contributed by atoms with Crippen LogP contribution in [0.2, 0.25) is 0 Å². The van der Waals surface area contributed by atoms with Gasteiger partial charge in [-0.15, -0.1) is 0 Å². The van der Waals surface area contributed by atoms with Crippen molar-refractivity contribution in [2.75, 3.05) is 13.1 Å². The zero-order valence-electron chi connectivity index (χ0n) is 11.5. The number of rotatable bonds is 4. The first-order valence-electron chi connectivity index (χ1n) is 7.73. The predicted octanol–water partition coefficient (Wildman–Crippen LogP) is 2.01. The van der Waals surface area contributed by atoms with Crippen LogP contribution in [0.25, 0.3) is 0 Å². The van der Waals surface area contributed by atoms with Crippen LogP contribution in [0.5, 0.6) is 0 Å². The Hall–Kier alpha value is -0.570. The third-order valence-corrected chi connectivity index (χ3v) is 5.19. The minimum atomic E-state index is 0.297. The average Bonchev–Trinajstić information content (AvgIpc) is 3.23. The molecule has 0 bridgehead atoms. The van der Waals surface area contributed by atoms with Gasteiger partial charge < -0.3 is 10.6 Å². The number of carbonyl (C=O) groups excluding carboxylic acids is 1. The number of carbonyl (C=O) groups is 1.